The van der Waals surface area contributed by atoms with Crippen LogP contribution in [-0.4, -0.2) is 0 Å². The smallest absolute Gasteiger partial charge is 0.0438 e. The Morgan fingerprint density at radius 2 is 1.20 bits per heavy atom. The van der Waals surface area contributed by atoms with Crippen molar-refractivity contribution in [3.8, 4) is 0 Å². The van der Waals surface area contributed by atoms with Gasteiger partial charge in [0, 0.05) is 98.9 Å². The van der Waals surface area contributed by atoms with E-state index in [4.69, 9.17) is 0 Å². The standard InChI is InChI=1S/C43H42S6/c1-10-21-14-24-27-17-30(43(7,8)9)49-42(27)33-31-32(38-23(13-20(6)45-38)22-11-12-44-37(22)31)35-36(34(33)39(24)46-21)41-26(16-29(48-41)19(4)5)25-15-28(18(2)3)47-40(25)35/h11-19,24,27,39,42H,10H2,1-9H3. The minimum atomic E-state index is 0.146. The molecule has 0 spiro atoms. The summed E-state index contributed by atoms with van der Waals surface area (Å²) in [7, 11) is 0. The average Bonchev–Trinajstić information content (AvgIpc) is 3.87. The van der Waals surface area contributed by atoms with E-state index in [1.54, 1.807) is 47.2 Å². The van der Waals surface area contributed by atoms with Crippen molar-refractivity contribution in [3.63, 3.8) is 0 Å². The van der Waals surface area contributed by atoms with Crippen molar-refractivity contribution in [2.24, 2.45) is 17.3 Å². The van der Waals surface area contributed by atoms with Gasteiger partial charge in [-0.2, -0.15) is 0 Å². The van der Waals surface area contributed by atoms with E-state index in [1.165, 1.54) is 50.3 Å². The van der Waals surface area contributed by atoms with E-state index in [1.807, 2.05) is 22.7 Å². The largest absolute Gasteiger partial charge is 0.143 e. The molecule has 0 amide bonds. The minimum absolute atomic E-state index is 0.146. The van der Waals surface area contributed by atoms with Crippen molar-refractivity contribution < 1.29 is 0 Å². The zero-order valence-corrected chi connectivity index (χ0v) is 34.6. The van der Waals surface area contributed by atoms with Gasteiger partial charge in [-0.05, 0) is 81.2 Å². The molecule has 10 rings (SSSR count). The van der Waals surface area contributed by atoms with E-state index < -0.39 is 0 Å². The number of rotatable bonds is 3. The lowest BCUT2D eigenvalue weighted by Gasteiger charge is -2.39. The number of aryl methyl sites for hydroxylation is 1. The van der Waals surface area contributed by atoms with Gasteiger partial charge in [0.15, 0.2) is 0 Å². The Morgan fingerprint density at radius 1 is 0.653 bits per heavy atom. The zero-order chi connectivity index (χ0) is 33.8. The average molecular weight is 751 g/mol. The van der Waals surface area contributed by atoms with E-state index in [0.717, 1.165) is 6.42 Å². The fourth-order valence-electron chi connectivity index (χ4n) is 8.94. The molecule has 6 heteroatoms. The molecule has 1 aliphatic carbocycles. The summed E-state index contributed by atoms with van der Waals surface area (Å²) in [6.07, 6.45) is 6.57. The minimum Gasteiger partial charge on any atom is -0.143 e. The predicted molar refractivity (Wildman–Crippen MR) is 229 cm³/mol. The highest BCUT2D eigenvalue weighted by Crippen LogP contribution is 2.70. The quantitative estimate of drug-likeness (QED) is 0.165. The van der Waals surface area contributed by atoms with Crippen molar-refractivity contribution >= 4 is 131 Å². The first-order valence-electron chi connectivity index (χ1n) is 17.9. The van der Waals surface area contributed by atoms with Crippen LogP contribution in [0.25, 0.3) is 61.9 Å². The second-order valence-electron chi connectivity index (χ2n) is 16.2. The number of allylic oxidation sites excluding steroid dienone is 4. The molecule has 250 valence electrons. The Kier molecular flexibility index (Phi) is 7.07. The van der Waals surface area contributed by atoms with Gasteiger partial charge in [-0.15, -0.1) is 68.9 Å². The van der Waals surface area contributed by atoms with Gasteiger partial charge >= 0.3 is 0 Å². The number of benzene rings is 3. The summed E-state index contributed by atoms with van der Waals surface area (Å²) < 4.78 is 6.08. The highest BCUT2D eigenvalue weighted by molar-refractivity contribution is 8.04. The molecular weight excluding hydrogens is 709 g/mol. The van der Waals surface area contributed by atoms with E-state index in [-0.39, 0.29) is 5.41 Å². The molecule has 0 bridgehead atoms. The van der Waals surface area contributed by atoms with Crippen LogP contribution in [0.1, 0.15) is 110 Å². The summed E-state index contributed by atoms with van der Waals surface area (Å²) in [6.45, 7) is 21.5. The van der Waals surface area contributed by atoms with Gasteiger partial charge in [-0.3, -0.25) is 0 Å². The Bertz CT molecular complexity index is 2620. The lowest BCUT2D eigenvalue weighted by atomic mass is 9.71. The molecule has 4 atom stereocenters. The zero-order valence-electron chi connectivity index (χ0n) is 29.7. The van der Waals surface area contributed by atoms with Gasteiger partial charge in [0.05, 0.1) is 0 Å². The van der Waals surface area contributed by atoms with Crippen LogP contribution in [0.2, 0.25) is 0 Å². The Hall–Kier alpha value is -1.80. The van der Waals surface area contributed by atoms with Crippen molar-refractivity contribution in [2.45, 2.75) is 91.1 Å². The first-order valence-corrected chi connectivity index (χ1v) is 23.0. The Labute approximate surface area is 314 Å². The van der Waals surface area contributed by atoms with E-state index >= 15 is 0 Å². The van der Waals surface area contributed by atoms with E-state index in [0.29, 0.717) is 34.2 Å². The topological polar surface area (TPSA) is 0 Å². The van der Waals surface area contributed by atoms with Crippen LogP contribution in [0.5, 0.6) is 0 Å². The van der Waals surface area contributed by atoms with Crippen molar-refractivity contribution in [2.75, 3.05) is 0 Å². The third-order valence-electron chi connectivity index (χ3n) is 11.3. The van der Waals surface area contributed by atoms with Gasteiger partial charge in [-0.25, -0.2) is 0 Å². The van der Waals surface area contributed by atoms with Crippen LogP contribution in [0.15, 0.2) is 51.6 Å². The lowest BCUT2D eigenvalue weighted by Crippen LogP contribution is -2.25. The Morgan fingerprint density at radius 3 is 1.82 bits per heavy atom. The third kappa shape index (κ3) is 4.34. The van der Waals surface area contributed by atoms with Crippen LogP contribution < -0.4 is 0 Å². The van der Waals surface area contributed by atoms with E-state index in [9.17, 15) is 0 Å². The summed E-state index contributed by atoms with van der Waals surface area (Å²) >= 11 is 12.6. The summed E-state index contributed by atoms with van der Waals surface area (Å²) in [6, 6.07) is 10.1. The molecule has 0 N–H and O–H groups in total. The fourth-order valence-corrected chi connectivity index (χ4v) is 16.6. The molecule has 0 fully saturated rings. The normalized spacial score (nSPS) is 22.5. The Balaban J connectivity index is 1.51. The van der Waals surface area contributed by atoms with Gasteiger partial charge < -0.3 is 0 Å². The van der Waals surface area contributed by atoms with Crippen molar-refractivity contribution in [1.29, 1.82) is 0 Å². The van der Waals surface area contributed by atoms with Crippen molar-refractivity contribution in [3.05, 3.63) is 77.4 Å². The van der Waals surface area contributed by atoms with E-state index in [2.05, 4.69) is 150 Å². The molecule has 0 nitrogen and oxygen atoms in total. The molecule has 0 radical (unpaired) electrons. The molecule has 2 aliphatic heterocycles. The molecule has 0 saturated carbocycles. The maximum absolute atomic E-state index is 2.73. The van der Waals surface area contributed by atoms with Gasteiger partial charge in [0.1, 0.15) is 0 Å². The third-order valence-corrected chi connectivity index (χ3v) is 19.5. The highest BCUT2D eigenvalue weighted by Gasteiger charge is 2.50. The summed E-state index contributed by atoms with van der Waals surface area (Å²) in [5.74, 6) is 2.07. The molecule has 4 aromatic heterocycles. The molecule has 3 aliphatic rings. The molecule has 7 aromatic rings. The monoisotopic (exact) mass is 750 g/mol. The number of hydrogen-bond acceptors (Lipinski definition) is 6. The number of thiophene rings is 4. The molecule has 6 heterocycles. The van der Waals surface area contributed by atoms with Gasteiger partial charge in [0.25, 0.3) is 0 Å². The predicted octanol–water partition coefficient (Wildman–Crippen LogP) is 16.5. The molecular formula is C43H42S6. The SMILES string of the molecule is CCC1=CC2C(S1)c1c(c3c4sccc4c4cc(C)sc4c3c3c4sc(C(C)C)cc4c4cc(C(C)C)sc4c13)C1SC(C(C)(C)C)=CC12. The maximum atomic E-state index is 2.73. The number of hydrogen-bond donors (Lipinski definition) is 0. The lowest BCUT2D eigenvalue weighted by molar-refractivity contribution is 0.437. The van der Waals surface area contributed by atoms with Crippen molar-refractivity contribution in [1.82, 2.24) is 0 Å². The second kappa shape index (κ2) is 10.9. The fraction of sp³-hybridized carbons (Fsp3) is 0.395. The summed E-state index contributed by atoms with van der Waals surface area (Å²) in [4.78, 5) is 7.62. The van der Waals surface area contributed by atoms with Crippen LogP contribution in [0.3, 0.4) is 0 Å². The first-order chi connectivity index (χ1) is 23.4. The molecule has 3 aromatic carbocycles. The van der Waals surface area contributed by atoms with Gasteiger partial charge in [-0.1, -0.05) is 67.5 Å². The van der Waals surface area contributed by atoms with Crippen LogP contribution in [0, 0.1) is 24.2 Å². The van der Waals surface area contributed by atoms with Crippen LogP contribution in [0.4, 0.5) is 0 Å². The number of thioether (sulfide) groups is 2. The maximum Gasteiger partial charge on any atom is 0.0438 e. The molecule has 49 heavy (non-hydrogen) atoms. The second-order valence-corrected chi connectivity index (χ2v) is 23.0. The first kappa shape index (κ1) is 31.9. The summed E-state index contributed by atoms with van der Waals surface area (Å²) in [5.41, 5.74) is 3.50. The van der Waals surface area contributed by atoms with Crippen LogP contribution in [-0.2, 0) is 0 Å². The molecule has 4 unspecified atom stereocenters. The highest BCUT2D eigenvalue weighted by atomic mass is 32.2. The molecule has 0 saturated heterocycles. The van der Waals surface area contributed by atoms with Crippen LogP contribution >= 0.6 is 68.9 Å². The summed E-state index contributed by atoms with van der Waals surface area (Å²) in [5, 5.41) is 15.4. The number of fused-ring (bicyclic) bond motifs is 21. The van der Waals surface area contributed by atoms with Gasteiger partial charge in [0.2, 0.25) is 0 Å².